The summed E-state index contributed by atoms with van der Waals surface area (Å²) in [4.78, 5) is 3.22. The van der Waals surface area contributed by atoms with E-state index in [0.717, 1.165) is 23.2 Å². The van der Waals surface area contributed by atoms with Crippen LogP contribution in [-0.2, 0) is 6.18 Å². The highest BCUT2D eigenvalue weighted by Crippen LogP contribution is 2.28. The predicted molar refractivity (Wildman–Crippen MR) is 55.1 cm³/mol. The van der Waals surface area contributed by atoms with Crippen molar-refractivity contribution in [2.75, 3.05) is 7.11 Å². The molecule has 1 aromatic carbocycles. The second-order valence-corrected chi connectivity index (χ2v) is 3.48. The summed E-state index contributed by atoms with van der Waals surface area (Å²) in [5.41, 5.74) is -0.796. The molecule has 0 fully saturated rings. The van der Waals surface area contributed by atoms with E-state index in [0.29, 0.717) is 0 Å². The van der Waals surface area contributed by atoms with Gasteiger partial charge in [0.05, 0.1) is 13.4 Å². The highest BCUT2D eigenvalue weighted by atomic mass is 19.4. The molecule has 0 unspecified atom stereocenters. The lowest BCUT2D eigenvalue weighted by Gasteiger charge is -2.05. The van der Waals surface area contributed by atoms with Gasteiger partial charge in [0.25, 0.3) is 0 Å². The number of hydrogen-bond acceptors (Lipinski definition) is 2. The maximum absolute atomic E-state index is 13.4. The fraction of sp³-hybridized carbons (Fsp3) is 0.182. The molecule has 2 rings (SSSR count). The van der Waals surface area contributed by atoms with Crippen LogP contribution in [0.3, 0.4) is 0 Å². The molecule has 0 saturated carbocycles. The molecule has 7 heteroatoms. The molecule has 0 atom stereocenters. The van der Waals surface area contributed by atoms with Crippen molar-refractivity contribution in [3.8, 4) is 11.4 Å². The van der Waals surface area contributed by atoms with Crippen molar-refractivity contribution in [3.05, 3.63) is 42.2 Å². The first kappa shape index (κ1) is 12.4. The SMILES string of the molecule is COc1ccc(-n2cnc(C(F)(F)F)c2)cc1F. The van der Waals surface area contributed by atoms with Crippen molar-refractivity contribution in [3.63, 3.8) is 0 Å². The summed E-state index contributed by atoms with van der Waals surface area (Å²) < 4.78 is 56.2. The molecule has 0 N–H and O–H groups in total. The molecule has 0 aliphatic heterocycles. The second kappa shape index (κ2) is 4.32. The van der Waals surface area contributed by atoms with Gasteiger partial charge < -0.3 is 9.30 Å². The summed E-state index contributed by atoms with van der Waals surface area (Å²) in [5, 5.41) is 0. The lowest BCUT2D eigenvalue weighted by Crippen LogP contribution is -2.04. The van der Waals surface area contributed by atoms with E-state index in [2.05, 4.69) is 4.98 Å². The van der Waals surface area contributed by atoms with Gasteiger partial charge in [0.1, 0.15) is 0 Å². The predicted octanol–water partition coefficient (Wildman–Crippen LogP) is 3.04. The summed E-state index contributed by atoms with van der Waals surface area (Å²) in [6, 6.07) is 3.84. The zero-order valence-electron chi connectivity index (χ0n) is 9.20. The first-order valence-electron chi connectivity index (χ1n) is 4.87. The first-order chi connectivity index (χ1) is 8.41. The highest BCUT2D eigenvalue weighted by Gasteiger charge is 2.33. The molecular formula is C11H8F4N2O. The van der Waals surface area contributed by atoms with E-state index in [1.165, 1.54) is 19.2 Å². The van der Waals surface area contributed by atoms with Crippen molar-refractivity contribution >= 4 is 0 Å². The number of benzene rings is 1. The van der Waals surface area contributed by atoms with E-state index in [4.69, 9.17) is 4.74 Å². The van der Waals surface area contributed by atoms with Crippen LogP contribution in [0, 0.1) is 5.82 Å². The molecule has 3 nitrogen and oxygen atoms in total. The summed E-state index contributed by atoms with van der Waals surface area (Å²) >= 11 is 0. The van der Waals surface area contributed by atoms with E-state index in [9.17, 15) is 17.6 Å². The molecule has 0 spiro atoms. The monoisotopic (exact) mass is 260 g/mol. The Morgan fingerprint density at radius 3 is 2.50 bits per heavy atom. The van der Waals surface area contributed by atoms with Crippen LogP contribution in [0.2, 0.25) is 0 Å². The van der Waals surface area contributed by atoms with Crippen molar-refractivity contribution in [1.82, 2.24) is 9.55 Å². The molecule has 0 aliphatic carbocycles. The van der Waals surface area contributed by atoms with Gasteiger partial charge in [-0.25, -0.2) is 9.37 Å². The van der Waals surface area contributed by atoms with Crippen LogP contribution in [0.15, 0.2) is 30.7 Å². The summed E-state index contributed by atoms with van der Waals surface area (Å²) in [5.74, 6) is -0.632. The Kier molecular flexibility index (Phi) is 2.98. The molecule has 1 aromatic heterocycles. The van der Waals surface area contributed by atoms with Crippen LogP contribution in [0.5, 0.6) is 5.75 Å². The third-order valence-corrected chi connectivity index (χ3v) is 2.31. The molecule has 1 heterocycles. The quantitative estimate of drug-likeness (QED) is 0.776. The Labute approximate surface area is 99.6 Å². The molecule has 0 saturated heterocycles. The molecule has 0 radical (unpaired) electrons. The molecule has 0 aliphatic rings. The van der Waals surface area contributed by atoms with Crippen LogP contribution in [0.1, 0.15) is 5.69 Å². The number of methoxy groups -OCH3 is 1. The average Bonchev–Trinajstić information content (AvgIpc) is 2.77. The van der Waals surface area contributed by atoms with Gasteiger partial charge in [0, 0.05) is 18.0 Å². The summed E-state index contributed by atoms with van der Waals surface area (Å²) in [6.45, 7) is 0. The largest absolute Gasteiger partial charge is 0.494 e. The molecule has 96 valence electrons. The van der Waals surface area contributed by atoms with Crippen LogP contribution < -0.4 is 4.74 Å². The first-order valence-corrected chi connectivity index (χ1v) is 4.87. The van der Waals surface area contributed by atoms with Gasteiger partial charge in [-0.15, -0.1) is 0 Å². The zero-order valence-corrected chi connectivity index (χ0v) is 9.20. The summed E-state index contributed by atoms with van der Waals surface area (Å²) in [7, 11) is 1.30. The van der Waals surface area contributed by atoms with Crippen molar-refractivity contribution in [2.24, 2.45) is 0 Å². The number of ether oxygens (including phenoxy) is 1. The minimum absolute atomic E-state index is 0.0231. The Morgan fingerprint density at radius 2 is 2.00 bits per heavy atom. The lowest BCUT2D eigenvalue weighted by atomic mass is 10.3. The fourth-order valence-corrected chi connectivity index (χ4v) is 1.43. The number of nitrogens with zero attached hydrogens (tertiary/aromatic N) is 2. The minimum Gasteiger partial charge on any atom is -0.494 e. The van der Waals surface area contributed by atoms with Crippen LogP contribution in [0.25, 0.3) is 5.69 Å². The van der Waals surface area contributed by atoms with E-state index in [1.54, 1.807) is 0 Å². The second-order valence-electron chi connectivity index (χ2n) is 3.48. The Hall–Kier alpha value is -2.05. The molecule has 0 amide bonds. The summed E-state index contributed by atoms with van der Waals surface area (Å²) in [6.07, 6.45) is -2.75. The topological polar surface area (TPSA) is 27.1 Å². The van der Waals surface area contributed by atoms with Crippen molar-refractivity contribution < 1.29 is 22.3 Å². The van der Waals surface area contributed by atoms with E-state index < -0.39 is 17.7 Å². The fourth-order valence-electron chi connectivity index (χ4n) is 1.43. The maximum atomic E-state index is 13.4. The number of imidazole rings is 1. The van der Waals surface area contributed by atoms with Crippen LogP contribution >= 0.6 is 0 Å². The molecular weight excluding hydrogens is 252 g/mol. The van der Waals surface area contributed by atoms with Gasteiger partial charge in [-0.05, 0) is 12.1 Å². The van der Waals surface area contributed by atoms with Crippen LogP contribution in [0.4, 0.5) is 17.6 Å². The Bertz CT molecular complexity index is 562. The number of aromatic nitrogens is 2. The third kappa shape index (κ3) is 2.29. The Morgan fingerprint density at radius 1 is 1.28 bits per heavy atom. The molecule has 2 aromatic rings. The number of hydrogen-bond donors (Lipinski definition) is 0. The van der Waals surface area contributed by atoms with Crippen molar-refractivity contribution in [1.29, 1.82) is 0 Å². The standard InChI is InChI=1S/C11H8F4N2O/c1-18-9-3-2-7(4-8(9)12)17-5-10(16-6-17)11(13,14)15/h2-6H,1H3. The minimum atomic E-state index is -4.52. The number of rotatable bonds is 2. The van der Waals surface area contributed by atoms with Gasteiger partial charge in [-0.1, -0.05) is 0 Å². The van der Waals surface area contributed by atoms with E-state index in [-0.39, 0.29) is 11.4 Å². The zero-order chi connectivity index (χ0) is 13.3. The highest BCUT2D eigenvalue weighted by molar-refractivity contribution is 5.39. The molecule has 0 bridgehead atoms. The van der Waals surface area contributed by atoms with Gasteiger partial charge in [-0.3, -0.25) is 0 Å². The van der Waals surface area contributed by atoms with Gasteiger partial charge in [0.2, 0.25) is 0 Å². The average molecular weight is 260 g/mol. The van der Waals surface area contributed by atoms with E-state index in [1.807, 2.05) is 0 Å². The van der Waals surface area contributed by atoms with E-state index >= 15 is 0 Å². The number of halogens is 4. The van der Waals surface area contributed by atoms with Gasteiger partial charge in [-0.2, -0.15) is 13.2 Å². The third-order valence-electron chi connectivity index (χ3n) is 2.31. The lowest BCUT2D eigenvalue weighted by molar-refractivity contribution is -0.140. The smallest absolute Gasteiger partial charge is 0.434 e. The normalized spacial score (nSPS) is 11.6. The Balaban J connectivity index is 2.38. The van der Waals surface area contributed by atoms with Crippen molar-refractivity contribution in [2.45, 2.75) is 6.18 Å². The van der Waals surface area contributed by atoms with Crippen LogP contribution in [-0.4, -0.2) is 16.7 Å². The van der Waals surface area contributed by atoms with Gasteiger partial charge in [0.15, 0.2) is 17.3 Å². The number of alkyl halides is 3. The maximum Gasteiger partial charge on any atom is 0.434 e. The molecule has 18 heavy (non-hydrogen) atoms. The van der Waals surface area contributed by atoms with Gasteiger partial charge >= 0.3 is 6.18 Å².